The molecule has 0 bridgehead atoms. The van der Waals surface area contributed by atoms with Crippen LogP contribution < -0.4 is 5.73 Å². The average molecular weight is 239 g/mol. The standard InChI is InChI=1S/C10H17N5S/c1-7(2)5-9-12-13-10-15(9)14-8(3-4-11)6-16-10/h7H,3-6,11H2,1-2H3. The first-order valence-corrected chi connectivity index (χ1v) is 6.53. The van der Waals surface area contributed by atoms with Crippen LogP contribution in [-0.2, 0) is 6.42 Å². The largest absolute Gasteiger partial charge is 0.330 e. The van der Waals surface area contributed by atoms with Crippen LogP contribution in [0, 0.1) is 5.92 Å². The van der Waals surface area contributed by atoms with Crippen LogP contribution in [0.1, 0.15) is 26.1 Å². The lowest BCUT2D eigenvalue weighted by Gasteiger charge is -2.13. The third-order valence-corrected chi connectivity index (χ3v) is 3.30. The molecule has 0 saturated carbocycles. The molecule has 1 aromatic rings. The first-order chi connectivity index (χ1) is 7.70. The Morgan fingerprint density at radius 2 is 2.25 bits per heavy atom. The van der Waals surface area contributed by atoms with E-state index in [2.05, 4.69) is 29.1 Å². The Bertz CT molecular complexity index is 396. The quantitative estimate of drug-likeness (QED) is 0.855. The zero-order valence-corrected chi connectivity index (χ0v) is 10.5. The van der Waals surface area contributed by atoms with E-state index in [-0.39, 0.29) is 0 Å². The molecule has 0 aliphatic carbocycles. The highest BCUT2D eigenvalue weighted by atomic mass is 32.2. The molecule has 1 aliphatic heterocycles. The van der Waals surface area contributed by atoms with Gasteiger partial charge in [-0.05, 0) is 12.5 Å². The summed E-state index contributed by atoms with van der Waals surface area (Å²) in [5.74, 6) is 2.40. The van der Waals surface area contributed by atoms with E-state index in [9.17, 15) is 0 Å². The highest BCUT2D eigenvalue weighted by Crippen LogP contribution is 2.23. The molecule has 1 aromatic heterocycles. The van der Waals surface area contributed by atoms with Gasteiger partial charge < -0.3 is 5.73 Å². The van der Waals surface area contributed by atoms with Crippen molar-refractivity contribution in [2.24, 2.45) is 16.8 Å². The molecule has 2 rings (SSSR count). The van der Waals surface area contributed by atoms with Gasteiger partial charge >= 0.3 is 0 Å². The monoisotopic (exact) mass is 239 g/mol. The van der Waals surface area contributed by atoms with E-state index in [4.69, 9.17) is 5.73 Å². The van der Waals surface area contributed by atoms with Gasteiger partial charge in [-0.1, -0.05) is 25.6 Å². The van der Waals surface area contributed by atoms with Gasteiger partial charge in [0.2, 0.25) is 5.16 Å². The van der Waals surface area contributed by atoms with Gasteiger partial charge in [-0.15, -0.1) is 10.2 Å². The molecule has 0 fully saturated rings. The highest BCUT2D eigenvalue weighted by molar-refractivity contribution is 7.99. The number of rotatable bonds is 4. The number of nitrogens with zero attached hydrogens (tertiary/aromatic N) is 4. The van der Waals surface area contributed by atoms with Crippen LogP contribution >= 0.6 is 11.8 Å². The molecule has 16 heavy (non-hydrogen) atoms. The van der Waals surface area contributed by atoms with Gasteiger partial charge in [0, 0.05) is 18.6 Å². The number of aromatic nitrogens is 3. The molecule has 6 heteroatoms. The molecule has 0 radical (unpaired) electrons. The van der Waals surface area contributed by atoms with Crippen LogP contribution in [0.15, 0.2) is 10.3 Å². The molecule has 2 heterocycles. The Hall–Kier alpha value is -0.880. The molecular formula is C10H17N5S. The lowest BCUT2D eigenvalue weighted by Crippen LogP contribution is -2.17. The second kappa shape index (κ2) is 4.97. The topological polar surface area (TPSA) is 69.1 Å². The fourth-order valence-electron chi connectivity index (χ4n) is 1.59. The van der Waals surface area contributed by atoms with E-state index < -0.39 is 0 Å². The van der Waals surface area contributed by atoms with E-state index >= 15 is 0 Å². The second-order valence-corrected chi connectivity index (χ2v) is 5.24. The first-order valence-electron chi connectivity index (χ1n) is 5.54. The van der Waals surface area contributed by atoms with Gasteiger partial charge in [-0.25, -0.2) is 0 Å². The van der Waals surface area contributed by atoms with Gasteiger partial charge in [0.05, 0.1) is 5.71 Å². The second-order valence-electron chi connectivity index (χ2n) is 4.30. The maximum Gasteiger partial charge on any atom is 0.212 e. The summed E-state index contributed by atoms with van der Waals surface area (Å²) in [6.07, 6.45) is 1.76. The summed E-state index contributed by atoms with van der Waals surface area (Å²) in [6, 6.07) is 0. The SMILES string of the molecule is CC(C)Cc1nnc2n1N=C(CCN)CS2. The summed E-state index contributed by atoms with van der Waals surface area (Å²) in [6.45, 7) is 4.99. The van der Waals surface area contributed by atoms with Crippen molar-refractivity contribution < 1.29 is 0 Å². The van der Waals surface area contributed by atoms with Gasteiger partial charge in [0.25, 0.3) is 0 Å². The third-order valence-electron chi connectivity index (χ3n) is 2.31. The average Bonchev–Trinajstić information content (AvgIpc) is 2.61. The van der Waals surface area contributed by atoms with E-state index in [1.807, 2.05) is 4.68 Å². The zero-order chi connectivity index (χ0) is 11.5. The minimum absolute atomic E-state index is 0.563. The number of hydrogen-bond donors (Lipinski definition) is 1. The maximum absolute atomic E-state index is 5.54. The van der Waals surface area contributed by atoms with E-state index in [1.165, 1.54) is 0 Å². The molecule has 5 nitrogen and oxygen atoms in total. The summed E-state index contributed by atoms with van der Waals surface area (Å²) >= 11 is 1.69. The fraction of sp³-hybridized carbons (Fsp3) is 0.700. The van der Waals surface area contributed by atoms with Crippen LogP contribution in [-0.4, -0.2) is 32.9 Å². The van der Waals surface area contributed by atoms with Crippen molar-refractivity contribution in [1.29, 1.82) is 0 Å². The number of hydrogen-bond acceptors (Lipinski definition) is 5. The molecule has 1 aliphatic rings. The molecule has 2 N–H and O–H groups in total. The van der Waals surface area contributed by atoms with Crippen molar-refractivity contribution in [2.45, 2.75) is 31.8 Å². The van der Waals surface area contributed by atoms with Crippen LogP contribution in [0.5, 0.6) is 0 Å². The Morgan fingerprint density at radius 3 is 2.94 bits per heavy atom. The van der Waals surface area contributed by atoms with Crippen molar-refractivity contribution in [3.8, 4) is 0 Å². The summed E-state index contributed by atoms with van der Waals surface area (Å²) in [5, 5.41) is 13.8. The predicted molar refractivity (Wildman–Crippen MR) is 65.8 cm³/mol. The smallest absolute Gasteiger partial charge is 0.212 e. The molecule has 0 spiro atoms. The van der Waals surface area contributed by atoms with Crippen LogP contribution in [0.25, 0.3) is 0 Å². The van der Waals surface area contributed by atoms with E-state index in [1.54, 1.807) is 11.8 Å². The Labute approximate surface area is 99.5 Å². The minimum Gasteiger partial charge on any atom is -0.330 e. The Kier molecular flexibility index (Phi) is 3.60. The number of nitrogens with two attached hydrogens (primary N) is 1. The Balaban J connectivity index is 2.24. The van der Waals surface area contributed by atoms with Crippen molar-refractivity contribution >= 4 is 17.5 Å². The molecule has 88 valence electrons. The molecule has 0 saturated heterocycles. The summed E-state index contributed by atoms with van der Waals surface area (Å²) in [4.78, 5) is 0. The predicted octanol–water partition coefficient (Wildman–Crippen LogP) is 1.14. The first kappa shape index (κ1) is 11.6. The lowest BCUT2D eigenvalue weighted by atomic mass is 10.1. The van der Waals surface area contributed by atoms with Crippen molar-refractivity contribution in [1.82, 2.24) is 14.9 Å². The number of thioether (sulfide) groups is 1. The summed E-state index contributed by atoms with van der Waals surface area (Å²) in [5.41, 5.74) is 6.67. The van der Waals surface area contributed by atoms with Crippen LogP contribution in [0.4, 0.5) is 0 Å². The van der Waals surface area contributed by atoms with Crippen molar-refractivity contribution in [2.75, 3.05) is 12.3 Å². The van der Waals surface area contributed by atoms with Crippen LogP contribution in [0.3, 0.4) is 0 Å². The van der Waals surface area contributed by atoms with Crippen LogP contribution in [0.2, 0.25) is 0 Å². The molecule has 0 atom stereocenters. The number of fused-ring (bicyclic) bond motifs is 1. The van der Waals surface area contributed by atoms with E-state index in [0.29, 0.717) is 12.5 Å². The molecular weight excluding hydrogens is 222 g/mol. The molecule has 0 unspecified atom stereocenters. The van der Waals surface area contributed by atoms with Crippen molar-refractivity contribution in [3.63, 3.8) is 0 Å². The summed E-state index contributed by atoms with van der Waals surface area (Å²) < 4.78 is 1.87. The van der Waals surface area contributed by atoms with E-state index in [0.717, 1.165) is 35.3 Å². The highest BCUT2D eigenvalue weighted by Gasteiger charge is 2.18. The fourth-order valence-corrected chi connectivity index (χ4v) is 2.45. The molecule has 0 amide bonds. The van der Waals surface area contributed by atoms with Gasteiger partial charge in [0.1, 0.15) is 0 Å². The lowest BCUT2D eigenvalue weighted by molar-refractivity contribution is 0.587. The normalized spacial score (nSPS) is 15.1. The van der Waals surface area contributed by atoms with Gasteiger partial charge in [-0.2, -0.15) is 9.78 Å². The summed E-state index contributed by atoms with van der Waals surface area (Å²) in [7, 11) is 0. The van der Waals surface area contributed by atoms with Gasteiger partial charge in [0.15, 0.2) is 5.82 Å². The minimum atomic E-state index is 0.563. The van der Waals surface area contributed by atoms with Crippen molar-refractivity contribution in [3.05, 3.63) is 5.82 Å². The maximum atomic E-state index is 5.54. The third kappa shape index (κ3) is 2.44. The molecule has 0 aromatic carbocycles. The zero-order valence-electron chi connectivity index (χ0n) is 9.68. The Morgan fingerprint density at radius 1 is 1.44 bits per heavy atom. The van der Waals surface area contributed by atoms with Gasteiger partial charge in [-0.3, -0.25) is 0 Å².